The van der Waals surface area contributed by atoms with Crippen molar-refractivity contribution in [1.29, 1.82) is 0 Å². The quantitative estimate of drug-likeness (QED) is 0.770. The standard InChI is InChI=1S/C23H30N2O2/c1-15-22(27-15)21(25-23(26)18-11-9-16(14-24)10-12-18)13-19-7-4-6-17-5-2-3-8-20(17)19/h2-8,15-16,18,21-22H,9-14,24H2,1H3,(H,25,26). The summed E-state index contributed by atoms with van der Waals surface area (Å²) < 4.78 is 5.75. The molecule has 3 atom stereocenters. The average Bonchev–Trinajstić information content (AvgIpc) is 3.44. The Bertz CT molecular complexity index is 793. The van der Waals surface area contributed by atoms with Crippen molar-refractivity contribution in [2.24, 2.45) is 17.6 Å². The number of nitrogens with two attached hydrogens (primary N) is 1. The van der Waals surface area contributed by atoms with Crippen molar-refractivity contribution in [1.82, 2.24) is 5.32 Å². The van der Waals surface area contributed by atoms with Crippen LogP contribution in [-0.4, -0.2) is 30.7 Å². The third kappa shape index (κ3) is 4.17. The van der Waals surface area contributed by atoms with Crippen molar-refractivity contribution in [2.45, 2.75) is 57.3 Å². The van der Waals surface area contributed by atoms with Crippen molar-refractivity contribution in [3.8, 4) is 0 Å². The predicted molar refractivity (Wildman–Crippen MR) is 108 cm³/mol. The molecule has 3 N–H and O–H groups in total. The molecule has 27 heavy (non-hydrogen) atoms. The molecule has 1 aliphatic heterocycles. The van der Waals surface area contributed by atoms with Crippen LogP contribution in [0.4, 0.5) is 0 Å². The highest BCUT2D eigenvalue weighted by atomic mass is 16.6. The van der Waals surface area contributed by atoms with Crippen molar-refractivity contribution in [3.05, 3.63) is 48.0 Å². The average molecular weight is 367 g/mol. The van der Waals surface area contributed by atoms with E-state index in [2.05, 4.69) is 54.7 Å². The second-order valence-electron chi connectivity index (χ2n) is 8.22. The van der Waals surface area contributed by atoms with E-state index in [-0.39, 0.29) is 30.1 Å². The van der Waals surface area contributed by atoms with Gasteiger partial charge in [0.05, 0.1) is 12.1 Å². The Labute approximate surface area is 161 Å². The minimum Gasteiger partial charge on any atom is -0.368 e. The van der Waals surface area contributed by atoms with Gasteiger partial charge in [-0.2, -0.15) is 0 Å². The second-order valence-corrected chi connectivity index (χ2v) is 8.22. The highest BCUT2D eigenvalue weighted by Crippen LogP contribution is 2.31. The molecule has 4 nitrogen and oxygen atoms in total. The lowest BCUT2D eigenvalue weighted by Gasteiger charge is -2.28. The number of hydrogen-bond acceptors (Lipinski definition) is 3. The van der Waals surface area contributed by atoms with E-state index >= 15 is 0 Å². The molecule has 2 aromatic rings. The summed E-state index contributed by atoms with van der Waals surface area (Å²) in [6, 6.07) is 14.9. The Kier molecular flexibility index (Phi) is 5.46. The van der Waals surface area contributed by atoms with Gasteiger partial charge in [-0.05, 0) is 67.8 Å². The molecule has 2 aromatic carbocycles. The molecular weight excluding hydrogens is 336 g/mol. The van der Waals surface area contributed by atoms with Gasteiger partial charge in [0, 0.05) is 5.92 Å². The molecule has 4 heteroatoms. The SMILES string of the molecule is CC1OC1C(Cc1cccc2ccccc12)NC(=O)C1CCC(CN)CC1. The fourth-order valence-corrected chi connectivity index (χ4v) is 4.54. The zero-order valence-corrected chi connectivity index (χ0v) is 16.1. The third-order valence-corrected chi connectivity index (χ3v) is 6.35. The van der Waals surface area contributed by atoms with Gasteiger partial charge in [-0.25, -0.2) is 0 Å². The lowest BCUT2D eigenvalue weighted by atomic mass is 9.81. The Morgan fingerprint density at radius 1 is 1.15 bits per heavy atom. The van der Waals surface area contributed by atoms with Gasteiger partial charge in [0.15, 0.2) is 0 Å². The van der Waals surface area contributed by atoms with Gasteiger partial charge < -0.3 is 15.8 Å². The summed E-state index contributed by atoms with van der Waals surface area (Å²) in [7, 11) is 0. The molecule has 1 amide bonds. The fraction of sp³-hybridized carbons (Fsp3) is 0.522. The Hall–Kier alpha value is -1.91. The molecular formula is C23H30N2O2. The second kappa shape index (κ2) is 7.99. The maximum Gasteiger partial charge on any atom is 0.223 e. The smallest absolute Gasteiger partial charge is 0.223 e. The molecule has 3 unspecified atom stereocenters. The summed E-state index contributed by atoms with van der Waals surface area (Å²) >= 11 is 0. The minimum absolute atomic E-state index is 0.0329. The summed E-state index contributed by atoms with van der Waals surface area (Å²) in [5, 5.41) is 5.83. The fourth-order valence-electron chi connectivity index (χ4n) is 4.54. The number of carbonyl (C=O) groups excluding carboxylic acids is 1. The monoisotopic (exact) mass is 366 g/mol. The molecule has 1 heterocycles. The van der Waals surface area contributed by atoms with Gasteiger partial charge in [-0.15, -0.1) is 0 Å². The first-order chi connectivity index (χ1) is 13.2. The zero-order valence-electron chi connectivity index (χ0n) is 16.1. The van der Waals surface area contributed by atoms with Gasteiger partial charge in [-0.1, -0.05) is 42.5 Å². The minimum atomic E-state index is 0.0329. The van der Waals surface area contributed by atoms with Crippen LogP contribution < -0.4 is 11.1 Å². The van der Waals surface area contributed by atoms with Gasteiger partial charge in [0.2, 0.25) is 5.91 Å². The van der Waals surface area contributed by atoms with Crippen LogP contribution in [0.3, 0.4) is 0 Å². The van der Waals surface area contributed by atoms with Crippen LogP contribution in [0.5, 0.6) is 0 Å². The van der Waals surface area contributed by atoms with E-state index in [1.165, 1.54) is 16.3 Å². The summed E-state index contributed by atoms with van der Waals surface area (Å²) in [6.07, 6.45) is 5.19. The van der Waals surface area contributed by atoms with E-state index in [0.29, 0.717) is 5.92 Å². The van der Waals surface area contributed by atoms with Crippen molar-refractivity contribution < 1.29 is 9.53 Å². The van der Waals surface area contributed by atoms with Crippen molar-refractivity contribution in [3.63, 3.8) is 0 Å². The molecule has 0 bridgehead atoms. The number of fused-ring (bicyclic) bond motifs is 1. The van der Waals surface area contributed by atoms with Crippen LogP contribution in [0, 0.1) is 11.8 Å². The predicted octanol–water partition coefficient (Wildman–Crippen LogP) is 3.42. The number of amides is 1. The number of carbonyl (C=O) groups is 1. The first-order valence-corrected chi connectivity index (χ1v) is 10.3. The van der Waals surface area contributed by atoms with Crippen molar-refractivity contribution >= 4 is 16.7 Å². The van der Waals surface area contributed by atoms with Gasteiger partial charge >= 0.3 is 0 Å². The normalized spacial score (nSPS) is 28.7. The summed E-state index contributed by atoms with van der Waals surface area (Å²) in [5.74, 6) is 0.905. The maximum absolute atomic E-state index is 12.9. The topological polar surface area (TPSA) is 67.6 Å². The number of benzene rings is 2. The van der Waals surface area contributed by atoms with Crippen molar-refractivity contribution in [2.75, 3.05) is 6.54 Å². The van der Waals surface area contributed by atoms with Gasteiger partial charge in [0.1, 0.15) is 6.10 Å². The molecule has 144 valence electrons. The largest absolute Gasteiger partial charge is 0.368 e. The molecule has 0 spiro atoms. The highest BCUT2D eigenvalue weighted by Gasteiger charge is 2.42. The van der Waals surface area contributed by atoms with E-state index in [1.807, 2.05) is 0 Å². The molecule has 2 aliphatic rings. The third-order valence-electron chi connectivity index (χ3n) is 6.35. The maximum atomic E-state index is 12.9. The number of epoxide rings is 1. The Morgan fingerprint density at radius 3 is 2.56 bits per heavy atom. The molecule has 2 fully saturated rings. The number of nitrogens with one attached hydrogen (secondary N) is 1. The molecule has 4 rings (SSSR count). The van der Waals surface area contributed by atoms with E-state index < -0.39 is 0 Å². The van der Waals surface area contributed by atoms with Crippen LogP contribution in [0.25, 0.3) is 10.8 Å². The first-order valence-electron chi connectivity index (χ1n) is 10.3. The summed E-state index contributed by atoms with van der Waals surface area (Å²) in [4.78, 5) is 12.9. The lowest BCUT2D eigenvalue weighted by molar-refractivity contribution is -0.127. The van der Waals surface area contributed by atoms with Crippen LogP contribution in [0.1, 0.15) is 38.2 Å². The van der Waals surface area contributed by atoms with Crippen LogP contribution in [0.15, 0.2) is 42.5 Å². The van der Waals surface area contributed by atoms with Crippen LogP contribution in [-0.2, 0) is 16.0 Å². The van der Waals surface area contributed by atoms with E-state index in [9.17, 15) is 4.79 Å². The highest BCUT2D eigenvalue weighted by molar-refractivity contribution is 5.86. The van der Waals surface area contributed by atoms with E-state index in [0.717, 1.165) is 38.6 Å². The molecule has 1 saturated heterocycles. The zero-order chi connectivity index (χ0) is 18.8. The first kappa shape index (κ1) is 18.5. The number of ether oxygens (including phenoxy) is 1. The lowest BCUT2D eigenvalue weighted by Crippen LogP contribution is -2.44. The van der Waals surface area contributed by atoms with E-state index in [4.69, 9.17) is 10.5 Å². The van der Waals surface area contributed by atoms with Gasteiger partial charge in [0.25, 0.3) is 0 Å². The number of rotatable bonds is 6. The van der Waals surface area contributed by atoms with Crippen LogP contribution >= 0.6 is 0 Å². The molecule has 0 aromatic heterocycles. The summed E-state index contributed by atoms with van der Waals surface area (Å²) in [6.45, 7) is 2.82. The molecule has 0 radical (unpaired) electrons. The Balaban J connectivity index is 1.46. The van der Waals surface area contributed by atoms with E-state index in [1.54, 1.807) is 0 Å². The van der Waals surface area contributed by atoms with Gasteiger partial charge in [-0.3, -0.25) is 4.79 Å². The summed E-state index contributed by atoms with van der Waals surface area (Å²) in [5.41, 5.74) is 7.05. The molecule has 1 saturated carbocycles. The Morgan fingerprint density at radius 2 is 1.85 bits per heavy atom. The molecule has 1 aliphatic carbocycles. The van der Waals surface area contributed by atoms with Crippen LogP contribution in [0.2, 0.25) is 0 Å². The number of hydrogen-bond donors (Lipinski definition) is 2.